The number of carbonyl (C=O) groups excluding carboxylic acids is 1. The molecule has 0 saturated carbocycles. The van der Waals surface area contributed by atoms with Crippen molar-refractivity contribution in [2.45, 2.75) is 45.8 Å². The first-order valence-corrected chi connectivity index (χ1v) is 8.10. The smallest absolute Gasteiger partial charge is 0.222 e. The van der Waals surface area contributed by atoms with Gasteiger partial charge in [0.25, 0.3) is 0 Å². The Kier molecular flexibility index (Phi) is 6.25. The third-order valence-corrected chi connectivity index (χ3v) is 3.93. The molecular weight excluding hydrogens is 278 g/mol. The Hall–Kier alpha value is -1.55. The van der Waals surface area contributed by atoms with Crippen LogP contribution in [0.4, 0.5) is 0 Å². The van der Waals surface area contributed by atoms with Crippen LogP contribution in [-0.2, 0) is 16.1 Å². The predicted octanol–water partition coefficient (Wildman–Crippen LogP) is 3.25. The van der Waals surface area contributed by atoms with Crippen LogP contribution in [0.3, 0.4) is 0 Å². The van der Waals surface area contributed by atoms with Gasteiger partial charge in [0, 0.05) is 19.5 Å². The molecule has 1 aliphatic rings. The molecule has 1 unspecified atom stereocenters. The van der Waals surface area contributed by atoms with Gasteiger partial charge >= 0.3 is 0 Å². The zero-order chi connectivity index (χ0) is 15.9. The van der Waals surface area contributed by atoms with Gasteiger partial charge in [-0.1, -0.05) is 26.0 Å². The summed E-state index contributed by atoms with van der Waals surface area (Å²) < 4.78 is 11.2. The van der Waals surface area contributed by atoms with Crippen molar-refractivity contribution in [1.29, 1.82) is 0 Å². The molecule has 0 aliphatic carbocycles. The second-order valence-electron chi connectivity index (χ2n) is 6.36. The lowest BCUT2D eigenvalue weighted by Crippen LogP contribution is -2.43. The van der Waals surface area contributed by atoms with Crippen molar-refractivity contribution in [2.24, 2.45) is 5.92 Å². The van der Waals surface area contributed by atoms with Crippen LogP contribution in [0.25, 0.3) is 0 Å². The molecule has 22 heavy (non-hydrogen) atoms. The molecule has 0 radical (unpaired) electrons. The molecule has 0 aromatic heterocycles. The van der Waals surface area contributed by atoms with E-state index < -0.39 is 0 Å². The molecule has 1 fully saturated rings. The average Bonchev–Trinajstić information content (AvgIpc) is 2.53. The largest absolute Gasteiger partial charge is 0.497 e. The Morgan fingerprint density at radius 2 is 2.23 bits per heavy atom. The molecule has 1 atom stereocenters. The molecular formula is C18H27NO3. The molecule has 1 heterocycles. The number of ether oxygens (including phenoxy) is 2. The van der Waals surface area contributed by atoms with E-state index in [1.54, 1.807) is 7.11 Å². The van der Waals surface area contributed by atoms with Crippen molar-refractivity contribution in [3.8, 4) is 5.75 Å². The number of nitrogens with zero attached hydrogens (tertiary/aromatic N) is 1. The molecule has 2 rings (SSSR count). The summed E-state index contributed by atoms with van der Waals surface area (Å²) in [5.74, 6) is 1.51. The van der Waals surface area contributed by atoms with Crippen LogP contribution in [0.2, 0.25) is 0 Å². The lowest BCUT2D eigenvalue weighted by atomic mass is 10.1. The van der Waals surface area contributed by atoms with Crippen molar-refractivity contribution in [1.82, 2.24) is 4.90 Å². The van der Waals surface area contributed by atoms with Crippen molar-refractivity contribution in [3.05, 3.63) is 29.8 Å². The third-order valence-electron chi connectivity index (χ3n) is 3.93. The van der Waals surface area contributed by atoms with Crippen molar-refractivity contribution >= 4 is 5.91 Å². The Labute approximate surface area is 133 Å². The van der Waals surface area contributed by atoms with Crippen LogP contribution in [0.5, 0.6) is 5.75 Å². The minimum Gasteiger partial charge on any atom is -0.497 e. The van der Waals surface area contributed by atoms with E-state index >= 15 is 0 Å². The fourth-order valence-electron chi connectivity index (χ4n) is 2.76. The molecule has 1 aromatic rings. The Bertz CT molecular complexity index is 487. The van der Waals surface area contributed by atoms with Gasteiger partial charge in [0.15, 0.2) is 0 Å². The summed E-state index contributed by atoms with van der Waals surface area (Å²) in [5, 5.41) is 0. The number of carbonyl (C=O) groups is 1. The number of rotatable bonds is 6. The first-order chi connectivity index (χ1) is 10.6. The van der Waals surface area contributed by atoms with Gasteiger partial charge in [-0.15, -0.1) is 0 Å². The number of piperidine rings is 1. The van der Waals surface area contributed by atoms with Crippen LogP contribution in [-0.4, -0.2) is 37.1 Å². The quantitative estimate of drug-likeness (QED) is 0.810. The minimum absolute atomic E-state index is 0.135. The zero-order valence-electron chi connectivity index (χ0n) is 13.9. The second kappa shape index (κ2) is 8.18. The van der Waals surface area contributed by atoms with E-state index in [9.17, 15) is 4.79 Å². The number of amides is 1. The highest BCUT2D eigenvalue weighted by Gasteiger charge is 2.24. The summed E-state index contributed by atoms with van der Waals surface area (Å²) in [4.78, 5) is 14.1. The molecule has 0 spiro atoms. The maximum absolute atomic E-state index is 12.2. The van der Waals surface area contributed by atoms with Crippen LogP contribution in [0.15, 0.2) is 24.3 Å². The van der Waals surface area contributed by atoms with E-state index in [0.717, 1.165) is 37.2 Å². The van der Waals surface area contributed by atoms with Gasteiger partial charge in [-0.25, -0.2) is 0 Å². The summed E-state index contributed by atoms with van der Waals surface area (Å²) in [6.07, 6.45) is 2.81. The highest BCUT2D eigenvalue weighted by Crippen LogP contribution is 2.19. The van der Waals surface area contributed by atoms with E-state index in [2.05, 4.69) is 13.8 Å². The molecule has 1 aromatic carbocycles. The predicted molar refractivity (Wildman–Crippen MR) is 86.8 cm³/mol. The summed E-state index contributed by atoms with van der Waals surface area (Å²) in [5.41, 5.74) is 1.10. The maximum atomic E-state index is 12.2. The van der Waals surface area contributed by atoms with Gasteiger partial charge in [0.2, 0.25) is 5.91 Å². The Morgan fingerprint density at radius 3 is 2.95 bits per heavy atom. The first kappa shape index (κ1) is 16.8. The molecule has 4 heteroatoms. The fourth-order valence-corrected chi connectivity index (χ4v) is 2.76. The normalized spacial score (nSPS) is 18.5. The minimum atomic E-state index is 0.135. The van der Waals surface area contributed by atoms with Gasteiger partial charge in [-0.3, -0.25) is 4.79 Å². The summed E-state index contributed by atoms with van der Waals surface area (Å²) in [6.45, 7) is 6.31. The average molecular weight is 305 g/mol. The fraction of sp³-hybridized carbons (Fsp3) is 0.611. The van der Waals surface area contributed by atoms with Gasteiger partial charge < -0.3 is 14.4 Å². The molecule has 0 bridgehead atoms. The van der Waals surface area contributed by atoms with E-state index in [0.29, 0.717) is 18.9 Å². The van der Waals surface area contributed by atoms with Gasteiger partial charge in [-0.2, -0.15) is 0 Å². The zero-order valence-corrected chi connectivity index (χ0v) is 13.9. The highest BCUT2D eigenvalue weighted by atomic mass is 16.5. The number of likely N-dealkylation sites (tertiary alicyclic amines) is 1. The Morgan fingerprint density at radius 1 is 1.41 bits per heavy atom. The van der Waals surface area contributed by atoms with Crippen LogP contribution in [0, 0.1) is 5.92 Å². The number of benzene rings is 1. The van der Waals surface area contributed by atoms with Gasteiger partial charge in [0.1, 0.15) is 5.75 Å². The highest BCUT2D eigenvalue weighted by molar-refractivity contribution is 5.76. The monoisotopic (exact) mass is 305 g/mol. The summed E-state index contributed by atoms with van der Waals surface area (Å²) >= 11 is 0. The van der Waals surface area contributed by atoms with E-state index in [1.807, 2.05) is 29.2 Å². The molecule has 1 aliphatic heterocycles. The second-order valence-corrected chi connectivity index (χ2v) is 6.36. The van der Waals surface area contributed by atoms with Crippen LogP contribution < -0.4 is 4.74 Å². The van der Waals surface area contributed by atoms with Crippen LogP contribution >= 0.6 is 0 Å². The van der Waals surface area contributed by atoms with Crippen molar-refractivity contribution < 1.29 is 14.3 Å². The van der Waals surface area contributed by atoms with Gasteiger partial charge in [-0.05, 0) is 36.5 Å². The SMILES string of the molecule is COc1cccc(COC2CCCN(C(=O)CC(C)C)C2)c1. The summed E-state index contributed by atoms with van der Waals surface area (Å²) in [7, 11) is 1.67. The number of hydrogen-bond acceptors (Lipinski definition) is 3. The molecule has 1 saturated heterocycles. The first-order valence-electron chi connectivity index (χ1n) is 8.10. The van der Waals surface area contributed by atoms with Crippen molar-refractivity contribution in [3.63, 3.8) is 0 Å². The van der Waals surface area contributed by atoms with E-state index in [4.69, 9.17) is 9.47 Å². The maximum Gasteiger partial charge on any atom is 0.222 e. The Balaban J connectivity index is 1.83. The molecule has 0 N–H and O–H groups in total. The topological polar surface area (TPSA) is 38.8 Å². The third kappa shape index (κ3) is 5.02. The number of methoxy groups -OCH3 is 1. The van der Waals surface area contributed by atoms with Crippen molar-refractivity contribution in [2.75, 3.05) is 20.2 Å². The lowest BCUT2D eigenvalue weighted by molar-refractivity contribution is -0.136. The lowest BCUT2D eigenvalue weighted by Gasteiger charge is -2.33. The molecule has 1 amide bonds. The standard InChI is InChI=1S/C18H27NO3/c1-14(2)10-18(20)19-9-5-8-17(12-19)22-13-15-6-4-7-16(11-15)21-3/h4,6-7,11,14,17H,5,8-10,12-13H2,1-3H3. The summed E-state index contributed by atoms with van der Waals surface area (Å²) in [6, 6.07) is 7.92. The number of hydrogen-bond donors (Lipinski definition) is 0. The van der Waals surface area contributed by atoms with E-state index in [-0.39, 0.29) is 12.0 Å². The van der Waals surface area contributed by atoms with E-state index in [1.165, 1.54) is 0 Å². The molecule has 4 nitrogen and oxygen atoms in total. The molecule has 122 valence electrons. The van der Waals surface area contributed by atoms with Crippen LogP contribution in [0.1, 0.15) is 38.7 Å². The van der Waals surface area contributed by atoms with Gasteiger partial charge in [0.05, 0.1) is 19.8 Å².